The zero-order chi connectivity index (χ0) is 17.9. The molecule has 0 spiro atoms. The largest absolute Gasteiger partial charge is 0.382 e. The Labute approximate surface area is 159 Å². The smallest absolute Gasteiger partial charge is 0.139 e. The van der Waals surface area contributed by atoms with Gasteiger partial charge in [0.15, 0.2) is 0 Å². The highest BCUT2D eigenvalue weighted by molar-refractivity contribution is 7.16. The van der Waals surface area contributed by atoms with Crippen molar-refractivity contribution in [2.75, 3.05) is 38.2 Å². The fourth-order valence-corrected chi connectivity index (χ4v) is 4.49. The minimum Gasteiger partial charge on any atom is -0.382 e. The summed E-state index contributed by atoms with van der Waals surface area (Å²) < 4.78 is 5.55. The Morgan fingerprint density at radius 1 is 1.35 bits per heavy atom. The SMILES string of the molecule is CCOCCC1CN(C2=Nc3ccccc3Nc3sc(C)cc32)CCN1. The summed E-state index contributed by atoms with van der Waals surface area (Å²) in [5.41, 5.74) is 3.30. The molecular weight excluding hydrogens is 344 g/mol. The third kappa shape index (κ3) is 3.63. The first-order valence-electron chi connectivity index (χ1n) is 9.36. The molecule has 4 rings (SSSR count). The Morgan fingerprint density at radius 2 is 2.23 bits per heavy atom. The Bertz CT molecular complexity index is 801. The van der Waals surface area contributed by atoms with E-state index in [0.29, 0.717) is 6.04 Å². The Morgan fingerprint density at radius 3 is 3.12 bits per heavy atom. The van der Waals surface area contributed by atoms with E-state index in [-0.39, 0.29) is 0 Å². The van der Waals surface area contributed by atoms with Crippen LogP contribution in [0.1, 0.15) is 23.8 Å². The number of rotatable bonds is 4. The average molecular weight is 371 g/mol. The van der Waals surface area contributed by atoms with Crippen molar-refractivity contribution in [3.63, 3.8) is 0 Å². The van der Waals surface area contributed by atoms with Gasteiger partial charge in [-0.2, -0.15) is 0 Å². The summed E-state index contributed by atoms with van der Waals surface area (Å²) in [6, 6.07) is 11.0. The maximum Gasteiger partial charge on any atom is 0.139 e. The lowest BCUT2D eigenvalue weighted by Gasteiger charge is -2.35. The number of aryl methyl sites for hydroxylation is 1. The average Bonchev–Trinajstić information content (AvgIpc) is 2.94. The molecule has 5 nitrogen and oxygen atoms in total. The topological polar surface area (TPSA) is 48.9 Å². The van der Waals surface area contributed by atoms with Gasteiger partial charge in [0.25, 0.3) is 0 Å². The molecule has 2 aliphatic rings. The number of para-hydroxylation sites is 2. The van der Waals surface area contributed by atoms with Crippen LogP contribution < -0.4 is 10.6 Å². The van der Waals surface area contributed by atoms with Gasteiger partial charge in [0.2, 0.25) is 0 Å². The van der Waals surface area contributed by atoms with E-state index >= 15 is 0 Å². The highest BCUT2D eigenvalue weighted by atomic mass is 32.1. The Kier molecular flexibility index (Phi) is 5.24. The second kappa shape index (κ2) is 7.78. The summed E-state index contributed by atoms with van der Waals surface area (Å²) in [6.07, 6.45) is 1.03. The number of hydrogen-bond donors (Lipinski definition) is 2. The van der Waals surface area contributed by atoms with Crippen LogP contribution in [0.5, 0.6) is 0 Å². The van der Waals surface area contributed by atoms with Gasteiger partial charge in [0.05, 0.1) is 16.9 Å². The molecular formula is C20H26N4OS. The van der Waals surface area contributed by atoms with E-state index in [0.717, 1.165) is 56.5 Å². The minimum absolute atomic E-state index is 0.438. The van der Waals surface area contributed by atoms with Crippen LogP contribution in [0.3, 0.4) is 0 Å². The number of anilines is 2. The molecule has 0 aliphatic carbocycles. The van der Waals surface area contributed by atoms with E-state index < -0.39 is 0 Å². The van der Waals surface area contributed by atoms with Gasteiger partial charge in [0.1, 0.15) is 10.8 Å². The van der Waals surface area contributed by atoms with Crippen molar-refractivity contribution < 1.29 is 4.74 Å². The van der Waals surface area contributed by atoms with Crippen molar-refractivity contribution in [1.82, 2.24) is 10.2 Å². The standard InChI is InChI=1S/C20H26N4OS/c1-3-25-11-8-15-13-24(10-9-21-15)19-16-12-14(2)26-20(16)23-18-7-5-4-6-17(18)22-19/h4-7,12,15,21,23H,3,8-11,13H2,1-2H3. The molecule has 0 bridgehead atoms. The van der Waals surface area contributed by atoms with Crippen LogP contribution in [0.2, 0.25) is 0 Å². The van der Waals surface area contributed by atoms with E-state index in [9.17, 15) is 0 Å². The van der Waals surface area contributed by atoms with E-state index in [1.165, 1.54) is 15.4 Å². The van der Waals surface area contributed by atoms with Gasteiger partial charge < -0.3 is 20.3 Å². The van der Waals surface area contributed by atoms with E-state index in [1.807, 2.05) is 6.92 Å². The number of nitrogens with one attached hydrogen (secondary N) is 2. The van der Waals surface area contributed by atoms with Crippen molar-refractivity contribution in [2.45, 2.75) is 26.3 Å². The lowest BCUT2D eigenvalue weighted by molar-refractivity contribution is 0.128. The van der Waals surface area contributed by atoms with Crippen molar-refractivity contribution in [2.24, 2.45) is 4.99 Å². The molecule has 3 heterocycles. The molecule has 1 aromatic carbocycles. The summed E-state index contributed by atoms with van der Waals surface area (Å²) in [6.45, 7) is 8.70. The van der Waals surface area contributed by atoms with Crippen molar-refractivity contribution in [1.29, 1.82) is 0 Å². The summed E-state index contributed by atoms with van der Waals surface area (Å²) in [5, 5.41) is 8.40. The molecule has 1 saturated heterocycles. The monoisotopic (exact) mass is 370 g/mol. The van der Waals surface area contributed by atoms with Crippen LogP contribution in [0.4, 0.5) is 16.4 Å². The Balaban J connectivity index is 1.64. The van der Waals surface area contributed by atoms with Gasteiger partial charge in [0, 0.05) is 43.8 Å². The number of amidine groups is 1. The van der Waals surface area contributed by atoms with Gasteiger partial charge >= 0.3 is 0 Å². The molecule has 2 N–H and O–H groups in total. The second-order valence-electron chi connectivity index (χ2n) is 6.76. The molecule has 26 heavy (non-hydrogen) atoms. The molecule has 1 unspecified atom stereocenters. The van der Waals surface area contributed by atoms with Gasteiger partial charge in [-0.1, -0.05) is 12.1 Å². The molecule has 0 saturated carbocycles. The van der Waals surface area contributed by atoms with E-state index in [1.54, 1.807) is 11.3 Å². The highest BCUT2D eigenvalue weighted by Gasteiger charge is 2.27. The summed E-state index contributed by atoms with van der Waals surface area (Å²) >= 11 is 1.80. The number of aliphatic imine (C=N–C) groups is 1. The number of thiophene rings is 1. The van der Waals surface area contributed by atoms with Crippen LogP contribution in [-0.2, 0) is 4.74 Å². The quantitative estimate of drug-likeness (QED) is 0.802. The van der Waals surface area contributed by atoms with Crippen LogP contribution in [-0.4, -0.2) is 49.6 Å². The van der Waals surface area contributed by atoms with E-state index in [4.69, 9.17) is 9.73 Å². The second-order valence-corrected chi connectivity index (χ2v) is 8.02. The van der Waals surface area contributed by atoms with Crippen LogP contribution in [0.25, 0.3) is 0 Å². The molecule has 138 valence electrons. The number of piperazine rings is 1. The zero-order valence-electron chi connectivity index (χ0n) is 15.4. The maximum atomic E-state index is 5.55. The molecule has 1 aromatic heterocycles. The van der Waals surface area contributed by atoms with Crippen LogP contribution in [0.15, 0.2) is 35.3 Å². The van der Waals surface area contributed by atoms with Crippen LogP contribution in [0, 0.1) is 6.92 Å². The number of fused-ring (bicyclic) bond motifs is 2. The first-order chi connectivity index (χ1) is 12.7. The number of nitrogens with zero attached hydrogens (tertiary/aromatic N) is 2. The highest BCUT2D eigenvalue weighted by Crippen LogP contribution is 2.39. The normalized spacial score (nSPS) is 19.2. The predicted octanol–water partition coefficient (Wildman–Crippen LogP) is 3.89. The van der Waals surface area contributed by atoms with Gasteiger partial charge in [-0.05, 0) is 38.5 Å². The lowest BCUT2D eigenvalue weighted by atomic mass is 10.1. The summed E-state index contributed by atoms with van der Waals surface area (Å²) in [7, 11) is 0. The summed E-state index contributed by atoms with van der Waals surface area (Å²) in [4.78, 5) is 8.81. The number of benzene rings is 1. The van der Waals surface area contributed by atoms with Crippen LogP contribution >= 0.6 is 11.3 Å². The van der Waals surface area contributed by atoms with Gasteiger partial charge in [-0.3, -0.25) is 0 Å². The zero-order valence-corrected chi connectivity index (χ0v) is 16.2. The van der Waals surface area contributed by atoms with Crippen molar-refractivity contribution in [3.05, 3.63) is 40.8 Å². The molecule has 0 amide bonds. The number of hydrogen-bond acceptors (Lipinski definition) is 6. The fraction of sp³-hybridized carbons (Fsp3) is 0.450. The van der Waals surface area contributed by atoms with E-state index in [2.05, 4.69) is 52.8 Å². The maximum absolute atomic E-state index is 5.55. The predicted molar refractivity (Wildman–Crippen MR) is 109 cm³/mol. The van der Waals surface area contributed by atoms with Gasteiger partial charge in [-0.25, -0.2) is 4.99 Å². The molecule has 2 aliphatic heterocycles. The van der Waals surface area contributed by atoms with Crippen molar-refractivity contribution >= 4 is 33.5 Å². The first kappa shape index (κ1) is 17.5. The third-order valence-corrected chi connectivity index (χ3v) is 5.81. The lowest BCUT2D eigenvalue weighted by Crippen LogP contribution is -2.53. The molecule has 6 heteroatoms. The first-order valence-corrected chi connectivity index (χ1v) is 10.2. The molecule has 2 aromatic rings. The molecule has 1 fully saturated rings. The third-order valence-electron chi connectivity index (χ3n) is 4.84. The molecule has 1 atom stereocenters. The molecule has 0 radical (unpaired) electrons. The number of ether oxygens (including phenoxy) is 1. The summed E-state index contributed by atoms with van der Waals surface area (Å²) in [5.74, 6) is 1.09. The van der Waals surface area contributed by atoms with Crippen molar-refractivity contribution in [3.8, 4) is 0 Å². The fourth-order valence-electron chi connectivity index (χ4n) is 3.57. The van der Waals surface area contributed by atoms with Gasteiger partial charge in [-0.15, -0.1) is 11.3 Å². The minimum atomic E-state index is 0.438. The Hall–Kier alpha value is -1.89.